The summed E-state index contributed by atoms with van der Waals surface area (Å²) in [6.45, 7) is 0. The van der Waals surface area contributed by atoms with Crippen LogP contribution in [-0.4, -0.2) is 55.2 Å². The van der Waals surface area contributed by atoms with Gasteiger partial charge in [0, 0.05) is 12.4 Å². The molecule has 0 amide bonds. The van der Waals surface area contributed by atoms with Crippen LogP contribution < -0.4 is 0 Å². The van der Waals surface area contributed by atoms with Gasteiger partial charge in [0.1, 0.15) is 0 Å². The summed E-state index contributed by atoms with van der Waals surface area (Å²) in [6.07, 6.45) is 2.68. The summed E-state index contributed by atoms with van der Waals surface area (Å²) in [7, 11) is 0. The van der Waals surface area contributed by atoms with Crippen molar-refractivity contribution in [2.24, 2.45) is 0 Å². The molecule has 0 aromatic carbocycles. The average molecular weight is 271 g/mol. The Morgan fingerprint density at radius 3 is 1.58 bits per heavy atom. The number of carboxylic acids is 2. The molecule has 94 valence electrons. The second-order valence-corrected chi connectivity index (χ2v) is 3.47. The summed E-state index contributed by atoms with van der Waals surface area (Å²) in [5.74, 6) is -2.15. The van der Waals surface area contributed by atoms with Crippen LogP contribution in [0.2, 0.25) is 0 Å². The number of hydrogen-bond acceptors (Lipinski definition) is 4. The molecular formula is C12H10MgN2O4. The maximum Gasteiger partial charge on any atom is 2.00 e. The van der Waals surface area contributed by atoms with Gasteiger partial charge in [-0.3, -0.25) is 9.97 Å². The van der Waals surface area contributed by atoms with Crippen molar-refractivity contribution in [3.05, 3.63) is 47.8 Å². The molecule has 0 saturated heterocycles. The smallest absolute Gasteiger partial charge is 1.00 e. The summed E-state index contributed by atoms with van der Waals surface area (Å²) in [5.41, 5.74) is 0.779. The molecule has 6 nitrogen and oxygen atoms in total. The van der Waals surface area contributed by atoms with Crippen LogP contribution in [0.15, 0.2) is 36.7 Å². The fraction of sp³-hybridized carbons (Fsp3) is 0. The number of pyridine rings is 2. The van der Waals surface area contributed by atoms with Crippen molar-refractivity contribution in [2.45, 2.75) is 0 Å². The van der Waals surface area contributed by atoms with Crippen molar-refractivity contribution in [3.63, 3.8) is 0 Å². The van der Waals surface area contributed by atoms with Crippen LogP contribution in [0.1, 0.15) is 23.6 Å². The Hall–Kier alpha value is -1.99. The Bertz CT molecular complexity index is 585. The molecule has 2 rings (SSSR count). The molecule has 2 aromatic rings. The van der Waals surface area contributed by atoms with Crippen molar-refractivity contribution in [1.82, 2.24) is 9.97 Å². The molecule has 0 spiro atoms. The molecule has 0 saturated carbocycles. The number of rotatable bonds is 3. The van der Waals surface area contributed by atoms with Gasteiger partial charge < -0.3 is 13.1 Å². The number of hydrogen-bond donors (Lipinski definition) is 2. The van der Waals surface area contributed by atoms with Gasteiger partial charge in [-0.05, 0) is 24.3 Å². The summed E-state index contributed by atoms with van der Waals surface area (Å²) >= 11 is 0. The second-order valence-electron chi connectivity index (χ2n) is 3.47. The van der Waals surface area contributed by atoms with Crippen LogP contribution >= 0.6 is 0 Å². The van der Waals surface area contributed by atoms with E-state index >= 15 is 0 Å². The van der Waals surface area contributed by atoms with E-state index < -0.39 is 11.9 Å². The fourth-order valence-electron chi connectivity index (χ4n) is 1.41. The first-order chi connectivity index (χ1) is 8.58. The Morgan fingerprint density at radius 1 is 0.895 bits per heavy atom. The molecule has 0 unspecified atom stereocenters. The van der Waals surface area contributed by atoms with Gasteiger partial charge >= 0.3 is 35.0 Å². The van der Waals surface area contributed by atoms with E-state index in [1.807, 2.05) is 0 Å². The van der Waals surface area contributed by atoms with Gasteiger partial charge in [-0.2, -0.15) is 0 Å². The predicted molar refractivity (Wildman–Crippen MR) is 69.4 cm³/mol. The molecule has 2 heterocycles. The van der Waals surface area contributed by atoms with Crippen LogP contribution in [0.25, 0.3) is 11.4 Å². The minimum Gasteiger partial charge on any atom is -1.00 e. The zero-order chi connectivity index (χ0) is 13.1. The molecule has 7 heteroatoms. The molecule has 0 radical (unpaired) electrons. The number of carbonyl (C=O) groups is 2. The van der Waals surface area contributed by atoms with Gasteiger partial charge in [0.15, 0.2) is 0 Å². The van der Waals surface area contributed by atoms with E-state index in [2.05, 4.69) is 9.97 Å². The predicted octanol–water partition coefficient (Wildman–Crippen LogP) is 1.38. The van der Waals surface area contributed by atoms with Gasteiger partial charge in [-0.15, -0.1) is 0 Å². The minimum absolute atomic E-state index is 0. The SMILES string of the molecule is O=C(O)c1ccnc(-c2cc(C(=O)O)ccn2)c1.[H-].[H-].[Mg+2]. The van der Waals surface area contributed by atoms with E-state index in [1.54, 1.807) is 0 Å². The summed E-state index contributed by atoms with van der Waals surface area (Å²) < 4.78 is 0. The minimum atomic E-state index is -1.08. The van der Waals surface area contributed by atoms with Crippen molar-refractivity contribution < 1.29 is 22.7 Å². The molecule has 0 aliphatic rings. The number of nitrogens with zero attached hydrogens (tertiary/aromatic N) is 2. The molecule has 0 aliphatic heterocycles. The molecule has 0 fully saturated rings. The Morgan fingerprint density at radius 2 is 1.26 bits per heavy atom. The average Bonchev–Trinajstić information content (AvgIpc) is 2.39. The Kier molecular flexibility index (Phi) is 4.96. The largest absolute Gasteiger partial charge is 2.00 e. The zero-order valence-corrected chi connectivity index (χ0v) is 11.2. The number of carboxylic acid groups (broad SMARTS) is 2. The molecular weight excluding hydrogens is 260 g/mol. The van der Waals surface area contributed by atoms with E-state index in [9.17, 15) is 9.59 Å². The zero-order valence-electron chi connectivity index (χ0n) is 11.8. The van der Waals surface area contributed by atoms with Crippen molar-refractivity contribution in [2.75, 3.05) is 0 Å². The van der Waals surface area contributed by atoms with Crippen LogP contribution in [0, 0.1) is 0 Å². The Labute approximate surface area is 127 Å². The quantitative estimate of drug-likeness (QED) is 0.817. The second kappa shape index (κ2) is 6.25. The maximum atomic E-state index is 10.8. The molecule has 0 bridgehead atoms. The van der Waals surface area contributed by atoms with Gasteiger partial charge in [0.2, 0.25) is 0 Å². The van der Waals surface area contributed by atoms with Crippen molar-refractivity contribution in [3.8, 4) is 11.4 Å². The standard InChI is InChI=1S/C12H8N2O4.Mg.2H/c15-11(16)7-1-3-13-9(5-7)10-6-8(12(17)18)2-4-14-10;;;/h1-6H,(H,15,16)(H,17,18);;;/q;+2;2*-1. The fourth-order valence-corrected chi connectivity index (χ4v) is 1.41. The first kappa shape index (κ1) is 15.1. The normalized spacial score (nSPS) is 9.47. The molecule has 19 heavy (non-hydrogen) atoms. The molecule has 0 atom stereocenters. The van der Waals surface area contributed by atoms with E-state index in [0.29, 0.717) is 11.4 Å². The molecule has 0 aliphatic carbocycles. The van der Waals surface area contributed by atoms with E-state index in [-0.39, 0.29) is 37.0 Å². The number of aromatic carboxylic acids is 2. The summed E-state index contributed by atoms with van der Waals surface area (Å²) in [5, 5.41) is 17.7. The number of aromatic nitrogens is 2. The molecule has 2 aromatic heterocycles. The first-order valence-corrected chi connectivity index (χ1v) is 4.97. The van der Waals surface area contributed by atoms with Crippen LogP contribution in [0.3, 0.4) is 0 Å². The van der Waals surface area contributed by atoms with Gasteiger partial charge in [0.05, 0.1) is 22.5 Å². The van der Waals surface area contributed by atoms with E-state index in [0.717, 1.165) is 0 Å². The third-order valence-corrected chi connectivity index (χ3v) is 2.28. The summed E-state index contributed by atoms with van der Waals surface area (Å²) in [4.78, 5) is 29.6. The van der Waals surface area contributed by atoms with Crippen molar-refractivity contribution >= 4 is 35.0 Å². The van der Waals surface area contributed by atoms with Gasteiger partial charge in [-0.25, -0.2) is 9.59 Å². The van der Waals surface area contributed by atoms with Crippen molar-refractivity contribution in [1.29, 1.82) is 0 Å². The van der Waals surface area contributed by atoms with Crippen LogP contribution in [0.4, 0.5) is 0 Å². The Balaban J connectivity index is 0. The van der Waals surface area contributed by atoms with Gasteiger partial charge in [0.25, 0.3) is 0 Å². The van der Waals surface area contributed by atoms with Gasteiger partial charge in [-0.1, -0.05) is 0 Å². The topological polar surface area (TPSA) is 100 Å². The van der Waals surface area contributed by atoms with Crippen LogP contribution in [-0.2, 0) is 0 Å². The maximum absolute atomic E-state index is 10.8. The summed E-state index contributed by atoms with van der Waals surface area (Å²) in [6, 6.07) is 5.40. The van der Waals surface area contributed by atoms with E-state index in [4.69, 9.17) is 10.2 Å². The van der Waals surface area contributed by atoms with Crippen LogP contribution in [0.5, 0.6) is 0 Å². The molecule has 2 N–H and O–H groups in total. The third kappa shape index (κ3) is 3.49. The monoisotopic (exact) mass is 270 g/mol. The first-order valence-electron chi connectivity index (χ1n) is 4.97. The third-order valence-electron chi connectivity index (χ3n) is 2.28. The van der Waals surface area contributed by atoms with E-state index in [1.165, 1.54) is 36.7 Å².